The summed E-state index contributed by atoms with van der Waals surface area (Å²) in [5.74, 6) is -0.0283. The van der Waals surface area contributed by atoms with E-state index in [-0.39, 0.29) is 0 Å². The highest BCUT2D eigenvalue weighted by molar-refractivity contribution is 6.34. The highest BCUT2D eigenvalue weighted by Crippen LogP contribution is 2.34. The van der Waals surface area contributed by atoms with Gasteiger partial charge < -0.3 is 16.4 Å². The lowest BCUT2D eigenvalue weighted by Crippen LogP contribution is -2.38. The van der Waals surface area contributed by atoms with E-state index >= 15 is 0 Å². The van der Waals surface area contributed by atoms with E-state index in [4.69, 9.17) is 23.1 Å². The van der Waals surface area contributed by atoms with E-state index in [0.717, 1.165) is 18.5 Å². The van der Waals surface area contributed by atoms with Crippen LogP contribution >= 0.6 is 11.6 Å². The second kappa shape index (κ2) is 5.80. The molecule has 0 bridgehead atoms. The topological polar surface area (TPSA) is 72.3 Å². The molecule has 1 saturated carbocycles. The maximum Gasteiger partial charge on any atom is 0.252 e. The Morgan fingerprint density at radius 2 is 2.21 bits per heavy atom. The number of rotatable bonds is 4. The van der Waals surface area contributed by atoms with Gasteiger partial charge in [0.15, 0.2) is 0 Å². The van der Waals surface area contributed by atoms with Crippen LogP contribution in [0.1, 0.15) is 29.6 Å². The number of carbonyl (C=O) groups excluding carboxylic acids is 1. The molecule has 2 rings (SSSR count). The molecule has 1 aliphatic carbocycles. The highest BCUT2D eigenvalue weighted by Gasteiger charge is 2.31. The lowest BCUT2D eigenvalue weighted by atomic mass is 10.0. The van der Waals surface area contributed by atoms with E-state index in [0.29, 0.717) is 29.1 Å². The van der Waals surface area contributed by atoms with Crippen LogP contribution in [0.4, 0.5) is 5.69 Å². The highest BCUT2D eigenvalue weighted by atomic mass is 35.5. The van der Waals surface area contributed by atoms with Crippen molar-refractivity contribution in [1.82, 2.24) is 0 Å². The number of halogens is 1. The van der Waals surface area contributed by atoms with Gasteiger partial charge in [0.1, 0.15) is 0 Å². The Labute approximate surface area is 118 Å². The van der Waals surface area contributed by atoms with Crippen LogP contribution in [0.3, 0.4) is 0 Å². The monoisotopic (exact) mass is 281 g/mol. The summed E-state index contributed by atoms with van der Waals surface area (Å²) >= 11 is 6.09. The molecule has 1 fully saturated rings. The van der Waals surface area contributed by atoms with Crippen molar-refractivity contribution in [2.45, 2.75) is 25.3 Å². The summed E-state index contributed by atoms with van der Waals surface area (Å²) in [7, 11) is 1.98. The van der Waals surface area contributed by atoms with Gasteiger partial charge in [0.25, 0.3) is 5.91 Å². The molecule has 0 spiro atoms. The van der Waals surface area contributed by atoms with Crippen LogP contribution < -0.4 is 16.4 Å². The first-order valence-corrected chi connectivity index (χ1v) is 6.95. The number of amides is 1. The van der Waals surface area contributed by atoms with Crippen molar-refractivity contribution >= 4 is 23.2 Å². The number of nitrogens with zero attached hydrogens (tertiary/aromatic N) is 1. The molecule has 0 radical (unpaired) electrons. The van der Waals surface area contributed by atoms with Crippen molar-refractivity contribution in [1.29, 1.82) is 0 Å². The first-order chi connectivity index (χ1) is 9.06. The van der Waals surface area contributed by atoms with Gasteiger partial charge >= 0.3 is 0 Å². The lowest BCUT2D eigenvalue weighted by molar-refractivity contribution is 0.100. The van der Waals surface area contributed by atoms with E-state index in [1.54, 1.807) is 6.07 Å². The minimum absolute atomic E-state index is 0.349. The molecular formula is C14H20ClN3O. The largest absolute Gasteiger partial charge is 0.371 e. The first-order valence-electron chi connectivity index (χ1n) is 6.57. The van der Waals surface area contributed by atoms with Crippen molar-refractivity contribution in [3.63, 3.8) is 0 Å². The van der Waals surface area contributed by atoms with Gasteiger partial charge in [-0.05, 0) is 37.4 Å². The van der Waals surface area contributed by atoms with Gasteiger partial charge in [-0.1, -0.05) is 24.1 Å². The zero-order valence-corrected chi connectivity index (χ0v) is 11.9. The fourth-order valence-electron chi connectivity index (χ4n) is 3.03. The first kappa shape index (κ1) is 14.2. The second-order valence-corrected chi connectivity index (χ2v) is 5.51. The minimum atomic E-state index is -0.491. The summed E-state index contributed by atoms with van der Waals surface area (Å²) in [5.41, 5.74) is 12.5. The van der Waals surface area contributed by atoms with Crippen LogP contribution in [0.2, 0.25) is 5.02 Å². The molecule has 2 atom stereocenters. The van der Waals surface area contributed by atoms with Crippen LogP contribution in [0.5, 0.6) is 0 Å². The second-order valence-electron chi connectivity index (χ2n) is 5.10. The molecule has 2 unspecified atom stereocenters. The Morgan fingerprint density at radius 1 is 1.47 bits per heavy atom. The van der Waals surface area contributed by atoms with Gasteiger partial charge in [0, 0.05) is 13.1 Å². The number of hydrogen-bond donors (Lipinski definition) is 2. The third-order valence-electron chi connectivity index (χ3n) is 4.04. The van der Waals surface area contributed by atoms with Gasteiger partial charge in [-0.3, -0.25) is 4.79 Å². The number of benzene rings is 1. The van der Waals surface area contributed by atoms with Crippen molar-refractivity contribution in [2.75, 3.05) is 18.5 Å². The van der Waals surface area contributed by atoms with Crippen molar-refractivity contribution in [3.8, 4) is 0 Å². The molecule has 104 valence electrons. The molecule has 5 heteroatoms. The Hall–Kier alpha value is -1.26. The van der Waals surface area contributed by atoms with Gasteiger partial charge in [0.05, 0.1) is 16.3 Å². The van der Waals surface area contributed by atoms with E-state index in [1.165, 1.54) is 6.42 Å². The van der Waals surface area contributed by atoms with Crippen LogP contribution in [0.25, 0.3) is 0 Å². The molecule has 1 amide bonds. The van der Waals surface area contributed by atoms with Crippen LogP contribution in [-0.2, 0) is 0 Å². The fourth-order valence-corrected chi connectivity index (χ4v) is 3.29. The third-order valence-corrected chi connectivity index (χ3v) is 4.35. The maximum absolute atomic E-state index is 11.6. The molecule has 0 heterocycles. The number of carbonyl (C=O) groups is 1. The molecule has 4 N–H and O–H groups in total. The molecule has 1 aliphatic rings. The minimum Gasteiger partial charge on any atom is -0.371 e. The standard InChI is InChI=1S/C14H20ClN3O/c1-18(11-6-2-4-9(11)8-16)12-7-3-5-10(15)13(12)14(17)19/h3,5,7,9,11H,2,4,6,8,16H2,1H3,(H2,17,19). The summed E-state index contributed by atoms with van der Waals surface area (Å²) in [6, 6.07) is 5.76. The number of nitrogens with two attached hydrogens (primary N) is 2. The summed E-state index contributed by atoms with van der Waals surface area (Å²) in [6.45, 7) is 0.668. The summed E-state index contributed by atoms with van der Waals surface area (Å²) in [6.07, 6.45) is 3.39. The summed E-state index contributed by atoms with van der Waals surface area (Å²) < 4.78 is 0. The SMILES string of the molecule is CN(c1cccc(Cl)c1C(N)=O)C1CCCC1CN. The predicted molar refractivity (Wildman–Crippen MR) is 78.6 cm³/mol. The molecule has 1 aromatic carbocycles. The molecule has 0 saturated heterocycles. The van der Waals surface area contributed by atoms with Crippen LogP contribution in [0.15, 0.2) is 18.2 Å². The van der Waals surface area contributed by atoms with E-state index in [1.807, 2.05) is 19.2 Å². The average Bonchev–Trinajstić information content (AvgIpc) is 2.85. The predicted octanol–water partition coefficient (Wildman–Crippen LogP) is 2.00. The zero-order valence-electron chi connectivity index (χ0n) is 11.1. The Bertz CT molecular complexity index is 478. The van der Waals surface area contributed by atoms with Gasteiger partial charge in [-0.15, -0.1) is 0 Å². The molecule has 1 aromatic rings. The zero-order chi connectivity index (χ0) is 14.0. The maximum atomic E-state index is 11.6. The van der Waals surface area contributed by atoms with Gasteiger partial charge in [-0.25, -0.2) is 0 Å². The molecular weight excluding hydrogens is 262 g/mol. The molecule has 4 nitrogen and oxygen atoms in total. The van der Waals surface area contributed by atoms with E-state index in [2.05, 4.69) is 4.90 Å². The third kappa shape index (κ3) is 2.69. The normalized spacial score (nSPS) is 22.5. The summed E-state index contributed by atoms with van der Waals surface area (Å²) in [4.78, 5) is 13.7. The average molecular weight is 282 g/mol. The van der Waals surface area contributed by atoms with Crippen molar-refractivity contribution in [3.05, 3.63) is 28.8 Å². The van der Waals surface area contributed by atoms with E-state index < -0.39 is 5.91 Å². The fraction of sp³-hybridized carbons (Fsp3) is 0.500. The van der Waals surface area contributed by atoms with Crippen molar-refractivity contribution in [2.24, 2.45) is 17.4 Å². The molecule has 0 aliphatic heterocycles. The summed E-state index contributed by atoms with van der Waals surface area (Å²) in [5, 5.41) is 0.402. The molecule has 19 heavy (non-hydrogen) atoms. The smallest absolute Gasteiger partial charge is 0.252 e. The molecule has 0 aromatic heterocycles. The van der Waals surface area contributed by atoms with Crippen molar-refractivity contribution < 1.29 is 4.79 Å². The van der Waals surface area contributed by atoms with Crippen LogP contribution in [0, 0.1) is 5.92 Å². The number of hydrogen-bond acceptors (Lipinski definition) is 3. The Morgan fingerprint density at radius 3 is 2.84 bits per heavy atom. The number of anilines is 1. The Kier molecular flexibility index (Phi) is 4.32. The number of primary amides is 1. The lowest BCUT2D eigenvalue weighted by Gasteiger charge is -2.32. The van der Waals surface area contributed by atoms with Gasteiger partial charge in [-0.2, -0.15) is 0 Å². The van der Waals surface area contributed by atoms with Gasteiger partial charge in [0.2, 0.25) is 0 Å². The van der Waals surface area contributed by atoms with Crippen LogP contribution in [-0.4, -0.2) is 25.5 Å². The Balaban J connectivity index is 2.36. The quantitative estimate of drug-likeness (QED) is 0.887. The van der Waals surface area contributed by atoms with E-state index in [9.17, 15) is 4.79 Å².